The Kier molecular flexibility index (Phi) is 6.24. The summed E-state index contributed by atoms with van der Waals surface area (Å²) in [7, 11) is 4.41. The number of methoxy groups -OCH3 is 3. The first kappa shape index (κ1) is 18.6. The number of carbonyl (C=O) groups excluding carboxylic acids is 1. The van der Waals surface area contributed by atoms with Crippen LogP contribution in [0.2, 0.25) is 0 Å². The number of halogens is 1. The number of hydrogen-bond donors (Lipinski definition) is 2. The second-order valence-corrected chi connectivity index (χ2v) is 5.73. The lowest BCUT2D eigenvalue weighted by Crippen LogP contribution is -2.18. The van der Waals surface area contributed by atoms with Crippen LogP contribution in [-0.2, 0) is 0 Å². The van der Waals surface area contributed by atoms with E-state index in [1.165, 1.54) is 45.7 Å². The highest BCUT2D eigenvalue weighted by atomic mass is 79.9. The molecule has 0 fully saturated rings. The smallest absolute Gasteiger partial charge is 0.271 e. The van der Waals surface area contributed by atoms with Gasteiger partial charge in [0.15, 0.2) is 11.5 Å². The molecule has 0 aliphatic rings. The zero-order valence-electron chi connectivity index (χ0n) is 13.9. The molecule has 2 rings (SSSR count). The molecule has 2 aromatic carbocycles. The number of ether oxygens (including phenoxy) is 3. The molecule has 0 unspecified atom stereocenters. The summed E-state index contributed by atoms with van der Waals surface area (Å²) in [5, 5.41) is 13.6. The predicted molar refractivity (Wildman–Crippen MR) is 97.0 cm³/mol. The van der Waals surface area contributed by atoms with E-state index >= 15 is 0 Å². The maximum Gasteiger partial charge on any atom is 0.271 e. The minimum atomic E-state index is -0.468. The zero-order chi connectivity index (χ0) is 18.4. The van der Waals surface area contributed by atoms with Gasteiger partial charge in [0.2, 0.25) is 5.75 Å². The fourth-order valence-electron chi connectivity index (χ4n) is 2.07. The second-order valence-electron chi connectivity index (χ2n) is 4.82. The van der Waals surface area contributed by atoms with Crippen LogP contribution >= 0.6 is 15.9 Å². The van der Waals surface area contributed by atoms with Gasteiger partial charge in [-0.05, 0) is 30.3 Å². The molecular formula is C17H17BrN2O5. The largest absolute Gasteiger partial charge is 0.507 e. The van der Waals surface area contributed by atoms with Crippen molar-refractivity contribution in [3.8, 4) is 23.0 Å². The number of hydrazone groups is 1. The average molecular weight is 409 g/mol. The molecule has 0 aromatic heterocycles. The third kappa shape index (κ3) is 4.42. The van der Waals surface area contributed by atoms with Crippen molar-refractivity contribution in [1.82, 2.24) is 5.43 Å². The molecule has 8 heteroatoms. The Balaban J connectivity index is 2.20. The van der Waals surface area contributed by atoms with E-state index in [4.69, 9.17) is 14.2 Å². The Morgan fingerprint density at radius 3 is 2.32 bits per heavy atom. The summed E-state index contributed by atoms with van der Waals surface area (Å²) < 4.78 is 16.4. The molecule has 0 saturated carbocycles. The van der Waals surface area contributed by atoms with Gasteiger partial charge in [0.1, 0.15) is 5.75 Å². The summed E-state index contributed by atoms with van der Waals surface area (Å²) in [6.45, 7) is 0. The number of carbonyl (C=O) groups is 1. The van der Waals surface area contributed by atoms with E-state index in [2.05, 4.69) is 26.5 Å². The number of nitrogens with zero attached hydrogens (tertiary/aromatic N) is 1. The summed E-state index contributed by atoms with van der Waals surface area (Å²) in [5.41, 5.74) is 3.13. The highest BCUT2D eigenvalue weighted by Gasteiger charge is 2.16. The maximum atomic E-state index is 12.3. The van der Waals surface area contributed by atoms with Gasteiger partial charge in [-0.15, -0.1) is 0 Å². The Labute approximate surface area is 153 Å². The van der Waals surface area contributed by atoms with Crippen LogP contribution < -0.4 is 19.6 Å². The third-order valence-electron chi connectivity index (χ3n) is 3.29. The topological polar surface area (TPSA) is 89.4 Å². The zero-order valence-corrected chi connectivity index (χ0v) is 15.5. The van der Waals surface area contributed by atoms with Gasteiger partial charge in [-0.2, -0.15) is 5.10 Å². The van der Waals surface area contributed by atoms with Gasteiger partial charge in [-0.1, -0.05) is 15.9 Å². The number of nitrogens with one attached hydrogen (secondary N) is 1. The molecule has 0 aliphatic carbocycles. The van der Waals surface area contributed by atoms with Crippen LogP contribution in [0.5, 0.6) is 23.0 Å². The molecule has 0 saturated heterocycles. The third-order valence-corrected chi connectivity index (χ3v) is 3.78. The molecule has 7 nitrogen and oxygen atoms in total. The highest BCUT2D eigenvalue weighted by molar-refractivity contribution is 9.10. The first-order valence-corrected chi connectivity index (χ1v) is 7.91. The van der Waals surface area contributed by atoms with Gasteiger partial charge in [-0.25, -0.2) is 5.43 Å². The normalized spacial score (nSPS) is 10.6. The van der Waals surface area contributed by atoms with Crippen LogP contribution in [0.15, 0.2) is 39.9 Å². The van der Waals surface area contributed by atoms with Gasteiger partial charge < -0.3 is 19.3 Å². The van der Waals surface area contributed by atoms with Gasteiger partial charge in [0, 0.05) is 15.6 Å². The molecule has 2 N–H and O–H groups in total. The fraction of sp³-hybridized carbons (Fsp3) is 0.176. The number of hydrogen-bond acceptors (Lipinski definition) is 6. The van der Waals surface area contributed by atoms with Crippen molar-refractivity contribution >= 4 is 28.1 Å². The molecule has 0 heterocycles. The average Bonchev–Trinajstić information content (AvgIpc) is 2.62. The molecule has 25 heavy (non-hydrogen) atoms. The van der Waals surface area contributed by atoms with Crippen molar-refractivity contribution in [3.63, 3.8) is 0 Å². The minimum Gasteiger partial charge on any atom is -0.507 e. The van der Waals surface area contributed by atoms with E-state index < -0.39 is 5.91 Å². The molecule has 132 valence electrons. The van der Waals surface area contributed by atoms with Crippen molar-refractivity contribution in [2.24, 2.45) is 5.10 Å². The summed E-state index contributed by atoms with van der Waals surface area (Å²) in [4.78, 5) is 12.3. The van der Waals surface area contributed by atoms with Crippen molar-refractivity contribution in [1.29, 1.82) is 0 Å². The molecule has 0 aliphatic heterocycles. The predicted octanol–water partition coefficient (Wildman–Crippen LogP) is 2.94. The van der Waals surface area contributed by atoms with Crippen molar-refractivity contribution in [2.75, 3.05) is 21.3 Å². The van der Waals surface area contributed by atoms with Gasteiger partial charge >= 0.3 is 0 Å². The number of rotatable bonds is 6. The molecular weight excluding hydrogens is 392 g/mol. The van der Waals surface area contributed by atoms with Crippen LogP contribution in [0.1, 0.15) is 15.9 Å². The number of phenolic OH excluding ortho intramolecular Hbond substituents is 1. The van der Waals surface area contributed by atoms with E-state index in [0.29, 0.717) is 22.8 Å². The SMILES string of the molecule is COc1cc(C(=O)N/N=C\c2cc(Br)ccc2O)cc(OC)c1OC. The van der Waals surface area contributed by atoms with E-state index in [1.54, 1.807) is 12.1 Å². The van der Waals surface area contributed by atoms with Crippen molar-refractivity contribution in [3.05, 3.63) is 45.9 Å². The first-order chi connectivity index (χ1) is 12.0. The monoisotopic (exact) mass is 408 g/mol. The molecule has 2 aromatic rings. The van der Waals surface area contributed by atoms with Crippen LogP contribution in [0.3, 0.4) is 0 Å². The standard InChI is InChI=1S/C17H17BrN2O5/c1-23-14-7-10(8-15(24-2)16(14)25-3)17(22)20-19-9-11-6-12(18)4-5-13(11)21/h4-9,21H,1-3H3,(H,20,22)/b19-9-. The number of benzene rings is 2. The van der Waals surface area contributed by atoms with Gasteiger partial charge in [0.25, 0.3) is 5.91 Å². The molecule has 0 radical (unpaired) electrons. The number of aromatic hydroxyl groups is 1. The quantitative estimate of drug-likeness (QED) is 0.566. The van der Waals surface area contributed by atoms with Crippen LogP contribution in [0.4, 0.5) is 0 Å². The Morgan fingerprint density at radius 2 is 1.76 bits per heavy atom. The minimum absolute atomic E-state index is 0.0500. The van der Waals surface area contributed by atoms with Crippen molar-refractivity contribution < 1.29 is 24.1 Å². The summed E-state index contributed by atoms with van der Waals surface area (Å²) in [5.74, 6) is 0.698. The number of phenols is 1. The lowest BCUT2D eigenvalue weighted by Gasteiger charge is -2.13. The maximum absolute atomic E-state index is 12.3. The molecule has 1 amide bonds. The van der Waals surface area contributed by atoms with Gasteiger partial charge in [0.05, 0.1) is 27.5 Å². The van der Waals surface area contributed by atoms with Crippen molar-refractivity contribution in [2.45, 2.75) is 0 Å². The second kappa shape index (κ2) is 8.39. The summed E-state index contributed by atoms with van der Waals surface area (Å²) in [6, 6.07) is 7.92. The van der Waals surface area contributed by atoms with E-state index in [-0.39, 0.29) is 11.3 Å². The molecule has 0 spiro atoms. The van der Waals surface area contributed by atoms with Crippen LogP contribution in [-0.4, -0.2) is 38.6 Å². The Bertz CT molecular complexity index is 783. The summed E-state index contributed by atoms with van der Waals surface area (Å²) in [6.07, 6.45) is 1.34. The van der Waals surface area contributed by atoms with Crippen LogP contribution in [0, 0.1) is 0 Å². The Hall–Kier alpha value is -2.74. The fourth-order valence-corrected chi connectivity index (χ4v) is 2.44. The highest BCUT2D eigenvalue weighted by Crippen LogP contribution is 2.38. The van der Waals surface area contributed by atoms with Crippen LogP contribution in [0.25, 0.3) is 0 Å². The first-order valence-electron chi connectivity index (χ1n) is 7.12. The lowest BCUT2D eigenvalue weighted by atomic mass is 10.1. The lowest BCUT2D eigenvalue weighted by molar-refractivity contribution is 0.0954. The Morgan fingerprint density at radius 1 is 1.12 bits per heavy atom. The van der Waals surface area contributed by atoms with E-state index in [9.17, 15) is 9.90 Å². The summed E-state index contributed by atoms with van der Waals surface area (Å²) >= 11 is 3.30. The number of amides is 1. The van der Waals surface area contributed by atoms with Gasteiger partial charge in [-0.3, -0.25) is 4.79 Å². The van der Waals surface area contributed by atoms with E-state index in [1.807, 2.05) is 0 Å². The van der Waals surface area contributed by atoms with E-state index in [0.717, 1.165) is 4.47 Å². The molecule has 0 bridgehead atoms. The molecule has 0 atom stereocenters.